The third kappa shape index (κ3) is 5.29. The van der Waals surface area contributed by atoms with Gasteiger partial charge in [0.1, 0.15) is 0 Å². The minimum Gasteiger partial charge on any atom is -0.393 e. The Labute approximate surface area is 149 Å². The number of hydrogen-bond donors (Lipinski definition) is 2. The Bertz CT molecular complexity index is 733. The van der Waals surface area contributed by atoms with Gasteiger partial charge in [-0.15, -0.1) is 0 Å². The largest absolute Gasteiger partial charge is 0.393 e. The fourth-order valence-electron chi connectivity index (χ4n) is 2.87. The van der Waals surface area contributed by atoms with E-state index in [1.807, 2.05) is 61.9 Å². The highest BCUT2D eigenvalue weighted by Gasteiger charge is 2.11. The van der Waals surface area contributed by atoms with Crippen LogP contribution < -0.4 is 5.32 Å². The molecule has 25 heavy (non-hydrogen) atoms. The standard InChI is InChI=1S/C20H27N3O2/c1-14(12-15(2)24)13-21-20(25)11-10-19-16(3)22-23(17(19)4)18-8-6-5-7-9-18/h5-11,14-15,24H,12-13H2,1-4H3,(H,21,25). The van der Waals surface area contributed by atoms with Gasteiger partial charge in [-0.1, -0.05) is 25.1 Å². The van der Waals surface area contributed by atoms with Crippen molar-refractivity contribution in [2.24, 2.45) is 5.92 Å². The SMILES string of the molecule is Cc1nn(-c2ccccc2)c(C)c1C=CC(=O)NCC(C)CC(C)O. The number of hydrogen-bond acceptors (Lipinski definition) is 3. The van der Waals surface area contributed by atoms with Crippen molar-refractivity contribution in [2.75, 3.05) is 6.54 Å². The number of aryl methyl sites for hydroxylation is 1. The summed E-state index contributed by atoms with van der Waals surface area (Å²) in [5.74, 6) is 0.102. The maximum Gasteiger partial charge on any atom is 0.244 e. The maximum atomic E-state index is 12.0. The molecule has 2 atom stereocenters. The molecule has 0 bridgehead atoms. The zero-order valence-electron chi connectivity index (χ0n) is 15.4. The molecule has 2 aromatic rings. The van der Waals surface area contributed by atoms with Crippen LogP contribution in [0.2, 0.25) is 0 Å². The Morgan fingerprint density at radius 2 is 1.96 bits per heavy atom. The van der Waals surface area contributed by atoms with Crippen molar-refractivity contribution in [2.45, 2.75) is 40.2 Å². The third-order valence-electron chi connectivity index (χ3n) is 4.12. The van der Waals surface area contributed by atoms with Gasteiger partial charge in [0.25, 0.3) is 0 Å². The van der Waals surface area contributed by atoms with Gasteiger partial charge in [-0.3, -0.25) is 4.79 Å². The summed E-state index contributed by atoms with van der Waals surface area (Å²) in [5.41, 5.74) is 3.83. The highest BCUT2D eigenvalue weighted by molar-refractivity contribution is 5.92. The summed E-state index contributed by atoms with van der Waals surface area (Å²) in [6.45, 7) is 8.25. The van der Waals surface area contributed by atoms with E-state index in [-0.39, 0.29) is 17.9 Å². The van der Waals surface area contributed by atoms with Crippen LogP contribution in [0.15, 0.2) is 36.4 Å². The molecule has 0 aliphatic heterocycles. The summed E-state index contributed by atoms with van der Waals surface area (Å²) in [6, 6.07) is 9.93. The normalized spacial score (nSPS) is 13.8. The molecule has 0 spiro atoms. The number of rotatable bonds is 7. The van der Waals surface area contributed by atoms with Crippen LogP contribution in [0, 0.1) is 19.8 Å². The summed E-state index contributed by atoms with van der Waals surface area (Å²) < 4.78 is 1.89. The zero-order valence-corrected chi connectivity index (χ0v) is 15.4. The topological polar surface area (TPSA) is 67.2 Å². The number of nitrogens with zero attached hydrogens (tertiary/aromatic N) is 2. The minimum absolute atomic E-state index is 0.135. The molecule has 0 radical (unpaired) electrons. The molecule has 2 unspecified atom stereocenters. The van der Waals surface area contributed by atoms with Gasteiger partial charge < -0.3 is 10.4 Å². The van der Waals surface area contributed by atoms with E-state index in [1.54, 1.807) is 13.0 Å². The van der Waals surface area contributed by atoms with Crippen LogP contribution in [0.3, 0.4) is 0 Å². The molecule has 1 amide bonds. The second-order valence-corrected chi connectivity index (χ2v) is 6.60. The van der Waals surface area contributed by atoms with Gasteiger partial charge in [0.2, 0.25) is 5.91 Å². The van der Waals surface area contributed by atoms with E-state index < -0.39 is 0 Å². The minimum atomic E-state index is -0.350. The average Bonchev–Trinajstić information content (AvgIpc) is 2.85. The summed E-state index contributed by atoms with van der Waals surface area (Å²) in [7, 11) is 0. The number of amides is 1. The summed E-state index contributed by atoms with van der Waals surface area (Å²) in [6.07, 6.45) is 3.68. The molecule has 1 heterocycles. The molecule has 2 N–H and O–H groups in total. The van der Waals surface area contributed by atoms with Crippen LogP contribution in [0.25, 0.3) is 11.8 Å². The third-order valence-corrected chi connectivity index (χ3v) is 4.12. The molecule has 0 saturated heterocycles. The smallest absolute Gasteiger partial charge is 0.244 e. The first-order valence-corrected chi connectivity index (χ1v) is 8.64. The van der Waals surface area contributed by atoms with Gasteiger partial charge in [-0.2, -0.15) is 5.10 Å². The van der Waals surface area contributed by atoms with Gasteiger partial charge in [0, 0.05) is 23.9 Å². The Hall–Kier alpha value is -2.40. The number of aromatic nitrogens is 2. The van der Waals surface area contributed by atoms with E-state index in [0.717, 1.165) is 22.6 Å². The highest BCUT2D eigenvalue weighted by Crippen LogP contribution is 2.19. The molecule has 0 aliphatic rings. The van der Waals surface area contributed by atoms with E-state index in [9.17, 15) is 9.90 Å². The first-order chi connectivity index (χ1) is 11.9. The first-order valence-electron chi connectivity index (χ1n) is 8.64. The molecule has 0 aliphatic carbocycles. The first kappa shape index (κ1) is 18.9. The Kier molecular flexibility index (Phi) is 6.53. The molecule has 5 heteroatoms. The lowest BCUT2D eigenvalue weighted by Crippen LogP contribution is -2.28. The molecule has 1 aromatic heterocycles. The number of carbonyl (C=O) groups is 1. The highest BCUT2D eigenvalue weighted by atomic mass is 16.3. The monoisotopic (exact) mass is 341 g/mol. The van der Waals surface area contributed by atoms with Crippen molar-refractivity contribution in [3.8, 4) is 5.69 Å². The van der Waals surface area contributed by atoms with E-state index >= 15 is 0 Å². The van der Waals surface area contributed by atoms with Crippen molar-refractivity contribution in [3.63, 3.8) is 0 Å². The van der Waals surface area contributed by atoms with Crippen molar-refractivity contribution in [1.29, 1.82) is 0 Å². The average molecular weight is 341 g/mol. The van der Waals surface area contributed by atoms with Gasteiger partial charge in [0.15, 0.2) is 0 Å². The zero-order chi connectivity index (χ0) is 18.4. The predicted molar refractivity (Wildman–Crippen MR) is 101 cm³/mol. The van der Waals surface area contributed by atoms with Crippen LogP contribution >= 0.6 is 0 Å². The Morgan fingerprint density at radius 1 is 1.28 bits per heavy atom. The van der Waals surface area contributed by atoms with Crippen molar-refractivity contribution in [3.05, 3.63) is 53.4 Å². The number of aliphatic hydroxyl groups excluding tert-OH is 1. The van der Waals surface area contributed by atoms with Crippen molar-refractivity contribution >= 4 is 12.0 Å². The fraction of sp³-hybridized carbons (Fsp3) is 0.400. The van der Waals surface area contributed by atoms with Crippen molar-refractivity contribution in [1.82, 2.24) is 15.1 Å². The number of para-hydroxylation sites is 1. The molecule has 5 nitrogen and oxygen atoms in total. The molecule has 1 aromatic carbocycles. The molecular formula is C20H27N3O2. The molecule has 0 fully saturated rings. The molecule has 2 rings (SSSR count). The Morgan fingerprint density at radius 3 is 2.60 bits per heavy atom. The van der Waals surface area contributed by atoms with E-state index in [4.69, 9.17) is 0 Å². The second kappa shape index (κ2) is 8.62. The van der Waals surface area contributed by atoms with Crippen LogP contribution in [0.1, 0.15) is 37.2 Å². The Balaban J connectivity index is 2.04. The fourth-order valence-corrected chi connectivity index (χ4v) is 2.87. The van der Waals surface area contributed by atoms with Crippen molar-refractivity contribution < 1.29 is 9.90 Å². The lowest BCUT2D eigenvalue weighted by atomic mass is 10.0. The number of aliphatic hydroxyl groups is 1. The van der Waals surface area contributed by atoms with E-state index in [0.29, 0.717) is 13.0 Å². The number of nitrogens with one attached hydrogen (secondary N) is 1. The van der Waals surface area contributed by atoms with Crippen LogP contribution in [0.4, 0.5) is 0 Å². The predicted octanol–water partition coefficient (Wildman–Crippen LogP) is 3.03. The lowest BCUT2D eigenvalue weighted by Gasteiger charge is -2.13. The van der Waals surface area contributed by atoms with E-state index in [2.05, 4.69) is 10.4 Å². The maximum absolute atomic E-state index is 12.0. The van der Waals surface area contributed by atoms with Crippen LogP contribution in [-0.4, -0.2) is 33.4 Å². The summed E-state index contributed by atoms with van der Waals surface area (Å²) in [4.78, 5) is 12.0. The molecule has 134 valence electrons. The summed E-state index contributed by atoms with van der Waals surface area (Å²) >= 11 is 0. The van der Waals surface area contributed by atoms with Gasteiger partial charge in [-0.25, -0.2) is 4.68 Å². The quantitative estimate of drug-likeness (QED) is 0.761. The molecular weight excluding hydrogens is 314 g/mol. The van der Waals surface area contributed by atoms with Crippen LogP contribution in [0.5, 0.6) is 0 Å². The van der Waals surface area contributed by atoms with Gasteiger partial charge in [-0.05, 0) is 51.3 Å². The van der Waals surface area contributed by atoms with Gasteiger partial charge >= 0.3 is 0 Å². The number of carbonyl (C=O) groups excluding carboxylic acids is 1. The van der Waals surface area contributed by atoms with Crippen LogP contribution in [-0.2, 0) is 4.79 Å². The molecule has 0 saturated carbocycles. The van der Waals surface area contributed by atoms with E-state index in [1.165, 1.54) is 0 Å². The van der Waals surface area contributed by atoms with Gasteiger partial charge in [0.05, 0.1) is 17.5 Å². The number of benzene rings is 1. The second-order valence-electron chi connectivity index (χ2n) is 6.60. The summed E-state index contributed by atoms with van der Waals surface area (Å²) in [5, 5.41) is 16.8. The lowest BCUT2D eigenvalue weighted by molar-refractivity contribution is -0.116.